The van der Waals surface area contributed by atoms with Crippen LogP contribution in [0.15, 0.2) is 30.7 Å². The maximum atomic E-state index is 12.6. The number of ether oxygens (including phenoxy) is 2. The largest absolute Gasteiger partial charge is 0.496 e. The van der Waals surface area contributed by atoms with Gasteiger partial charge < -0.3 is 14.0 Å². The monoisotopic (exact) mass is 297 g/mol. The molecule has 0 N–H and O–H groups in total. The number of fused-ring (bicyclic) bond motifs is 1. The standard InChI is InChI=1S/C16H15N3O3/c1-21-14-7-11(8-17)3-4-13(14)16(15(20)22-2)6-5-12-9-18-10-19(12)16/h3-4,7,9-10H,5-6H2,1-2H3. The van der Waals surface area contributed by atoms with Crippen LogP contribution in [0.25, 0.3) is 0 Å². The Morgan fingerprint density at radius 2 is 2.27 bits per heavy atom. The first-order valence-electron chi connectivity index (χ1n) is 6.86. The van der Waals surface area contributed by atoms with Crippen molar-refractivity contribution in [2.24, 2.45) is 0 Å². The quantitative estimate of drug-likeness (QED) is 0.805. The second-order valence-corrected chi connectivity index (χ2v) is 5.13. The zero-order chi connectivity index (χ0) is 15.7. The molecule has 0 saturated carbocycles. The Morgan fingerprint density at radius 3 is 2.95 bits per heavy atom. The number of aromatic nitrogens is 2. The lowest BCUT2D eigenvalue weighted by Crippen LogP contribution is -2.41. The normalized spacial score (nSPS) is 19.3. The van der Waals surface area contributed by atoms with E-state index in [1.807, 2.05) is 4.57 Å². The molecule has 0 aliphatic carbocycles. The van der Waals surface area contributed by atoms with Crippen LogP contribution in [0, 0.1) is 11.3 Å². The van der Waals surface area contributed by atoms with E-state index in [4.69, 9.17) is 14.7 Å². The fourth-order valence-corrected chi connectivity index (χ4v) is 3.13. The molecular weight excluding hydrogens is 282 g/mol. The topological polar surface area (TPSA) is 77.1 Å². The summed E-state index contributed by atoms with van der Waals surface area (Å²) in [4.78, 5) is 16.8. The van der Waals surface area contributed by atoms with Crippen molar-refractivity contribution in [3.8, 4) is 11.8 Å². The van der Waals surface area contributed by atoms with E-state index in [1.165, 1.54) is 14.2 Å². The minimum Gasteiger partial charge on any atom is -0.496 e. The molecule has 2 aromatic rings. The van der Waals surface area contributed by atoms with Crippen molar-refractivity contribution in [2.45, 2.75) is 18.4 Å². The first-order chi connectivity index (χ1) is 10.7. The highest BCUT2D eigenvalue weighted by Crippen LogP contribution is 2.43. The smallest absolute Gasteiger partial charge is 0.336 e. The molecule has 0 radical (unpaired) electrons. The lowest BCUT2D eigenvalue weighted by Gasteiger charge is -2.30. The van der Waals surface area contributed by atoms with Crippen molar-refractivity contribution < 1.29 is 14.3 Å². The molecule has 1 unspecified atom stereocenters. The third-order valence-electron chi connectivity index (χ3n) is 4.17. The predicted octanol–water partition coefficient (Wildman–Crippen LogP) is 1.63. The number of esters is 1. The summed E-state index contributed by atoms with van der Waals surface area (Å²) in [5, 5.41) is 9.05. The van der Waals surface area contributed by atoms with Gasteiger partial charge in [-0.1, -0.05) is 6.07 Å². The molecule has 1 aromatic carbocycles. The molecule has 1 aliphatic heterocycles. The van der Waals surface area contributed by atoms with E-state index in [0.29, 0.717) is 23.3 Å². The number of rotatable bonds is 3. The molecule has 0 bridgehead atoms. The Morgan fingerprint density at radius 1 is 1.45 bits per heavy atom. The summed E-state index contributed by atoms with van der Waals surface area (Å²) in [6, 6.07) is 7.14. The van der Waals surface area contributed by atoms with Crippen molar-refractivity contribution in [1.82, 2.24) is 9.55 Å². The van der Waals surface area contributed by atoms with Crippen LogP contribution in [0.2, 0.25) is 0 Å². The van der Waals surface area contributed by atoms with E-state index in [0.717, 1.165) is 12.1 Å². The summed E-state index contributed by atoms with van der Waals surface area (Å²) < 4.78 is 12.3. The van der Waals surface area contributed by atoms with Crippen molar-refractivity contribution >= 4 is 5.97 Å². The maximum absolute atomic E-state index is 12.6. The number of aryl methyl sites for hydroxylation is 1. The van der Waals surface area contributed by atoms with Crippen LogP contribution in [0.1, 0.15) is 23.2 Å². The number of nitriles is 1. The Kier molecular flexibility index (Phi) is 3.33. The highest BCUT2D eigenvalue weighted by atomic mass is 16.5. The number of hydrogen-bond acceptors (Lipinski definition) is 5. The second kappa shape index (κ2) is 5.19. The van der Waals surface area contributed by atoms with Gasteiger partial charge in [0.25, 0.3) is 0 Å². The molecule has 1 atom stereocenters. The molecule has 6 nitrogen and oxygen atoms in total. The van der Waals surface area contributed by atoms with E-state index < -0.39 is 5.54 Å². The van der Waals surface area contributed by atoms with Crippen molar-refractivity contribution in [2.75, 3.05) is 14.2 Å². The maximum Gasteiger partial charge on any atom is 0.336 e. The Labute approximate surface area is 127 Å². The van der Waals surface area contributed by atoms with Gasteiger partial charge in [0.05, 0.1) is 32.2 Å². The molecule has 2 heterocycles. The van der Waals surface area contributed by atoms with E-state index in [-0.39, 0.29) is 5.97 Å². The van der Waals surface area contributed by atoms with Gasteiger partial charge in [-0.2, -0.15) is 5.26 Å². The number of methoxy groups -OCH3 is 2. The van der Waals surface area contributed by atoms with Crippen LogP contribution in [0.5, 0.6) is 5.75 Å². The number of benzene rings is 1. The van der Waals surface area contributed by atoms with Crippen molar-refractivity contribution in [1.29, 1.82) is 5.26 Å². The van der Waals surface area contributed by atoms with Gasteiger partial charge in [0, 0.05) is 17.5 Å². The summed E-state index contributed by atoms with van der Waals surface area (Å²) in [7, 11) is 2.89. The molecule has 3 rings (SSSR count). The van der Waals surface area contributed by atoms with Crippen LogP contribution in [-0.4, -0.2) is 29.7 Å². The van der Waals surface area contributed by atoms with Gasteiger partial charge in [-0.15, -0.1) is 0 Å². The summed E-state index contributed by atoms with van der Waals surface area (Å²) in [6.07, 6.45) is 4.68. The Balaban J connectivity index is 2.26. The first kappa shape index (κ1) is 14.1. The van der Waals surface area contributed by atoms with Gasteiger partial charge in [-0.25, -0.2) is 9.78 Å². The summed E-state index contributed by atoms with van der Waals surface area (Å²) in [5.74, 6) is 0.123. The number of imidazole rings is 1. The highest BCUT2D eigenvalue weighted by Gasteiger charge is 2.49. The molecule has 112 valence electrons. The summed E-state index contributed by atoms with van der Waals surface area (Å²) in [6.45, 7) is 0. The third kappa shape index (κ3) is 1.79. The fourth-order valence-electron chi connectivity index (χ4n) is 3.13. The van der Waals surface area contributed by atoms with Gasteiger partial charge in [-0.3, -0.25) is 0 Å². The molecule has 0 saturated heterocycles. The summed E-state index contributed by atoms with van der Waals surface area (Å²) in [5.41, 5.74) is 1.12. The molecule has 1 aliphatic rings. The third-order valence-corrected chi connectivity index (χ3v) is 4.17. The molecule has 6 heteroatoms. The SMILES string of the molecule is COC(=O)C1(c2ccc(C#N)cc2OC)CCc2cncn21. The van der Waals surface area contributed by atoms with Crippen LogP contribution < -0.4 is 4.74 Å². The zero-order valence-electron chi connectivity index (χ0n) is 12.4. The van der Waals surface area contributed by atoms with Gasteiger partial charge in [-0.05, 0) is 25.0 Å². The van der Waals surface area contributed by atoms with Crippen molar-refractivity contribution in [3.05, 3.63) is 47.5 Å². The number of hydrogen-bond donors (Lipinski definition) is 0. The molecule has 0 amide bonds. The summed E-state index contributed by atoms with van der Waals surface area (Å²) >= 11 is 0. The molecular formula is C16H15N3O3. The minimum absolute atomic E-state index is 0.368. The van der Waals surface area contributed by atoms with E-state index >= 15 is 0 Å². The van der Waals surface area contributed by atoms with Crippen LogP contribution in [0.4, 0.5) is 0 Å². The lowest BCUT2D eigenvalue weighted by molar-refractivity contribution is -0.148. The van der Waals surface area contributed by atoms with Gasteiger partial charge in [0.15, 0.2) is 5.54 Å². The average molecular weight is 297 g/mol. The lowest BCUT2D eigenvalue weighted by atomic mass is 9.86. The van der Waals surface area contributed by atoms with E-state index in [1.54, 1.807) is 30.7 Å². The average Bonchev–Trinajstić information content (AvgIpc) is 3.16. The Hall–Kier alpha value is -2.81. The van der Waals surface area contributed by atoms with E-state index in [9.17, 15) is 4.79 Å². The van der Waals surface area contributed by atoms with Gasteiger partial charge >= 0.3 is 5.97 Å². The fraction of sp³-hybridized carbons (Fsp3) is 0.312. The van der Waals surface area contributed by atoms with Gasteiger partial charge in [0.2, 0.25) is 0 Å². The molecule has 1 aromatic heterocycles. The highest BCUT2D eigenvalue weighted by molar-refractivity contribution is 5.85. The number of carbonyl (C=O) groups is 1. The van der Waals surface area contributed by atoms with E-state index in [2.05, 4.69) is 11.1 Å². The number of nitrogens with zero attached hydrogens (tertiary/aromatic N) is 3. The minimum atomic E-state index is -1.00. The van der Waals surface area contributed by atoms with Crippen LogP contribution >= 0.6 is 0 Å². The second-order valence-electron chi connectivity index (χ2n) is 5.13. The molecule has 22 heavy (non-hydrogen) atoms. The predicted molar refractivity (Wildman–Crippen MR) is 77.3 cm³/mol. The van der Waals surface area contributed by atoms with Crippen LogP contribution in [-0.2, 0) is 21.5 Å². The van der Waals surface area contributed by atoms with Crippen molar-refractivity contribution in [3.63, 3.8) is 0 Å². The van der Waals surface area contributed by atoms with Crippen LogP contribution in [0.3, 0.4) is 0 Å². The van der Waals surface area contributed by atoms with Gasteiger partial charge in [0.1, 0.15) is 5.75 Å². The molecule has 0 spiro atoms. The molecule has 0 fully saturated rings. The Bertz CT molecular complexity index is 775. The number of carbonyl (C=O) groups excluding carboxylic acids is 1. The first-order valence-corrected chi connectivity index (χ1v) is 6.86. The zero-order valence-corrected chi connectivity index (χ0v) is 12.4.